The summed E-state index contributed by atoms with van der Waals surface area (Å²) >= 11 is 0. The Labute approximate surface area is 232 Å². The van der Waals surface area contributed by atoms with Crippen LogP contribution in [0.15, 0.2) is 78.4 Å². The van der Waals surface area contributed by atoms with Crippen molar-refractivity contribution < 1.29 is 33.6 Å². The molecule has 0 aromatic heterocycles. The topological polar surface area (TPSA) is 97.8 Å². The molecule has 0 spiro atoms. The lowest BCUT2D eigenvalue weighted by Gasteiger charge is -2.31. The highest BCUT2D eigenvalue weighted by atomic mass is 16.6. The first-order chi connectivity index (χ1) is 19.6. The molecule has 0 bridgehead atoms. The van der Waals surface area contributed by atoms with Crippen molar-refractivity contribution in [3.63, 3.8) is 0 Å². The molecule has 3 aromatic rings. The maximum Gasteiger partial charge on any atom is 0.295 e. The minimum Gasteiger partial charge on any atom is -0.507 e. The highest BCUT2D eigenvalue weighted by Crippen LogP contribution is 2.42. The van der Waals surface area contributed by atoms with E-state index in [4.69, 9.17) is 18.9 Å². The third-order valence-corrected chi connectivity index (χ3v) is 7.27. The molecule has 6 rings (SSSR count). The summed E-state index contributed by atoms with van der Waals surface area (Å²) < 4.78 is 22.8. The summed E-state index contributed by atoms with van der Waals surface area (Å²) in [6, 6.07) is 20.9. The number of morpholine rings is 1. The summed E-state index contributed by atoms with van der Waals surface area (Å²) in [5.41, 5.74) is 1.06. The Morgan fingerprint density at radius 2 is 1.57 bits per heavy atom. The minimum absolute atomic E-state index is 0.0283. The number of fused-ring (bicyclic) bond motifs is 1. The van der Waals surface area contributed by atoms with Gasteiger partial charge in [-0.05, 0) is 48.0 Å². The van der Waals surface area contributed by atoms with E-state index in [2.05, 4.69) is 4.90 Å². The number of ketones is 1. The summed E-state index contributed by atoms with van der Waals surface area (Å²) in [5, 5.41) is 11.5. The van der Waals surface area contributed by atoms with Gasteiger partial charge in [-0.15, -0.1) is 0 Å². The number of hydrogen-bond acceptors (Lipinski definition) is 8. The SMILES string of the molecule is O=C1C(=O)N(CCN2CCOCC2)[C@@H](c2cccc(Oc3ccccc3)c2)C1=C(O)c1ccc2c(c1)OCCO2. The van der Waals surface area contributed by atoms with Crippen LogP contribution in [-0.4, -0.2) is 79.2 Å². The second-order valence-electron chi connectivity index (χ2n) is 9.79. The summed E-state index contributed by atoms with van der Waals surface area (Å²) in [4.78, 5) is 30.7. The number of carbonyl (C=O) groups excluding carboxylic acids is 2. The van der Waals surface area contributed by atoms with Crippen molar-refractivity contribution in [2.45, 2.75) is 6.04 Å². The zero-order valence-corrected chi connectivity index (χ0v) is 22.0. The smallest absolute Gasteiger partial charge is 0.295 e. The molecular weight excluding hydrogens is 512 g/mol. The van der Waals surface area contributed by atoms with Gasteiger partial charge in [-0.25, -0.2) is 0 Å². The molecule has 3 aliphatic rings. The number of para-hydroxylation sites is 1. The Bertz CT molecular complexity index is 1430. The van der Waals surface area contributed by atoms with E-state index in [1.807, 2.05) is 54.6 Å². The van der Waals surface area contributed by atoms with Crippen LogP contribution in [0.2, 0.25) is 0 Å². The van der Waals surface area contributed by atoms with Gasteiger partial charge in [0.25, 0.3) is 11.7 Å². The molecule has 3 aliphatic heterocycles. The Morgan fingerprint density at radius 1 is 0.825 bits per heavy atom. The zero-order valence-electron chi connectivity index (χ0n) is 22.0. The molecule has 3 aromatic carbocycles. The number of carbonyl (C=O) groups is 2. The fourth-order valence-corrected chi connectivity index (χ4v) is 5.25. The van der Waals surface area contributed by atoms with Crippen LogP contribution in [0.25, 0.3) is 5.76 Å². The van der Waals surface area contributed by atoms with Gasteiger partial charge in [0, 0.05) is 31.7 Å². The van der Waals surface area contributed by atoms with Gasteiger partial charge in [0.2, 0.25) is 0 Å². The zero-order chi connectivity index (χ0) is 27.5. The molecule has 0 radical (unpaired) electrons. The fraction of sp³-hybridized carbons (Fsp3) is 0.290. The third kappa shape index (κ3) is 5.25. The Kier molecular flexibility index (Phi) is 7.39. The molecule has 1 atom stereocenters. The number of nitrogens with zero attached hydrogens (tertiary/aromatic N) is 2. The maximum atomic E-state index is 13.5. The second-order valence-corrected chi connectivity index (χ2v) is 9.79. The van der Waals surface area contributed by atoms with Gasteiger partial charge in [0.05, 0.1) is 24.8 Å². The summed E-state index contributed by atoms with van der Waals surface area (Å²) in [6.07, 6.45) is 0. The number of hydrogen-bond donors (Lipinski definition) is 1. The maximum absolute atomic E-state index is 13.5. The van der Waals surface area contributed by atoms with Crippen molar-refractivity contribution >= 4 is 17.4 Å². The van der Waals surface area contributed by atoms with Crippen molar-refractivity contribution in [1.29, 1.82) is 0 Å². The predicted octanol–water partition coefficient (Wildman–Crippen LogP) is 4.00. The van der Waals surface area contributed by atoms with Crippen LogP contribution in [0, 0.1) is 0 Å². The first-order valence-corrected chi connectivity index (χ1v) is 13.4. The van der Waals surface area contributed by atoms with Crippen LogP contribution in [0.1, 0.15) is 17.2 Å². The van der Waals surface area contributed by atoms with Gasteiger partial charge in [-0.3, -0.25) is 14.5 Å². The molecule has 9 nitrogen and oxygen atoms in total. The molecule has 2 fully saturated rings. The van der Waals surface area contributed by atoms with Crippen LogP contribution in [0.4, 0.5) is 0 Å². The number of aliphatic hydroxyl groups excluding tert-OH is 1. The monoisotopic (exact) mass is 542 g/mol. The predicted molar refractivity (Wildman–Crippen MR) is 147 cm³/mol. The normalized spacial score (nSPS) is 20.5. The fourth-order valence-electron chi connectivity index (χ4n) is 5.25. The first kappa shape index (κ1) is 25.9. The molecular formula is C31H30N2O7. The summed E-state index contributed by atoms with van der Waals surface area (Å²) in [5.74, 6) is 0.630. The van der Waals surface area contributed by atoms with Gasteiger partial charge in [-0.1, -0.05) is 30.3 Å². The molecule has 40 heavy (non-hydrogen) atoms. The van der Waals surface area contributed by atoms with Crippen LogP contribution >= 0.6 is 0 Å². The lowest BCUT2D eigenvalue weighted by Crippen LogP contribution is -2.42. The molecule has 0 unspecified atom stereocenters. The lowest BCUT2D eigenvalue weighted by atomic mass is 9.95. The molecule has 1 amide bonds. The molecule has 1 N–H and O–H groups in total. The van der Waals surface area contributed by atoms with E-state index in [0.29, 0.717) is 73.6 Å². The average molecular weight is 543 g/mol. The number of amides is 1. The molecule has 9 heteroatoms. The van der Waals surface area contributed by atoms with Gasteiger partial charge in [0.15, 0.2) is 11.5 Å². The molecule has 206 valence electrons. The first-order valence-electron chi connectivity index (χ1n) is 13.4. The Balaban J connectivity index is 1.39. The number of rotatable bonds is 7. The minimum atomic E-state index is -0.798. The largest absolute Gasteiger partial charge is 0.507 e. The van der Waals surface area contributed by atoms with E-state index in [-0.39, 0.29) is 11.3 Å². The van der Waals surface area contributed by atoms with Crippen LogP contribution < -0.4 is 14.2 Å². The van der Waals surface area contributed by atoms with E-state index in [0.717, 1.165) is 13.1 Å². The van der Waals surface area contributed by atoms with Crippen molar-refractivity contribution in [1.82, 2.24) is 9.80 Å². The third-order valence-electron chi connectivity index (χ3n) is 7.27. The van der Waals surface area contributed by atoms with E-state index in [9.17, 15) is 14.7 Å². The molecule has 0 aliphatic carbocycles. The van der Waals surface area contributed by atoms with E-state index in [1.54, 1.807) is 23.1 Å². The van der Waals surface area contributed by atoms with E-state index < -0.39 is 17.7 Å². The van der Waals surface area contributed by atoms with Gasteiger partial charge in [-0.2, -0.15) is 0 Å². The second kappa shape index (κ2) is 11.4. The quantitative estimate of drug-likeness (QED) is 0.272. The highest BCUT2D eigenvalue weighted by molar-refractivity contribution is 6.46. The van der Waals surface area contributed by atoms with Crippen LogP contribution in [0.5, 0.6) is 23.0 Å². The van der Waals surface area contributed by atoms with Gasteiger partial charge >= 0.3 is 0 Å². The molecule has 2 saturated heterocycles. The summed E-state index contributed by atoms with van der Waals surface area (Å²) in [6.45, 7) is 4.49. The molecule has 3 heterocycles. The highest BCUT2D eigenvalue weighted by Gasteiger charge is 2.46. The van der Waals surface area contributed by atoms with E-state index in [1.165, 1.54) is 0 Å². The van der Waals surface area contributed by atoms with Crippen molar-refractivity contribution in [2.24, 2.45) is 0 Å². The van der Waals surface area contributed by atoms with Crippen molar-refractivity contribution in [2.75, 3.05) is 52.6 Å². The van der Waals surface area contributed by atoms with Crippen LogP contribution in [0.3, 0.4) is 0 Å². The van der Waals surface area contributed by atoms with Gasteiger partial charge < -0.3 is 29.0 Å². The van der Waals surface area contributed by atoms with Gasteiger partial charge in [0.1, 0.15) is 30.5 Å². The van der Waals surface area contributed by atoms with Crippen molar-refractivity contribution in [3.05, 3.63) is 89.5 Å². The van der Waals surface area contributed by atoms with Crippen LogP contribution in [-0.2, 0) is 14.3 Å². The summed E-state index contributed by atoms with van der Waals surface area (Å²) in [7, 11) is 0. The Morgan fingerprint density at radius 3 is 2.38 bits per heavy atom. The van der Waals surface area contributed by atoms with Crippen molar-refractivity contribution in [3.8, 4) is 23.0 Å². The lowest BCUT2D eigenvalue weighted by molar-refractivity contribution is -0.140. The number of ether oxygens (including phenoxy) is 4. The number of Topliss-reactive ketones (excluding diaryl/α,β-unsaturated/α-hetero) is 1. The molecule has 0 saturated carbocycles. The van der Waals surface area contributed by atoms with E-state index >= 15 is 0 Å². The Hall–Kier alpha value is -4.34. The number of benzene rings is 3. The standard InChI is InChI=1S/C31H30N2O7/c34-29(22-9-10-25-26(20-22)39-18-17-38-25)27-28(21-5-4-8-24(19-21)40-23-6-2-1-3-7-23)33(31(36)30(27)35)12-11-32-13-15-37-16-14-32/h1-10,19-20,28,34H,11-18H2/t28-/m0/s1. The number of likely N-dealkylation sites (tertiary alicyclic amines) is 1. The number of aliphatic hydroxyl groups is 1. The average Bonchev–Trinajstić information content (AvgIpc) is 3.25.